The first kappa shape index (κ1) is 35.7. The molecule has 1 aromatic heterocycles. The molecule has 2 saturated heterocycles. The number of hydrogen-bond acceptors (Lipinski definition) is 7. The molecule has 0 saturated carbocycles. The fourth-order valence-corrected chi connectivity index (χ4v) is 6.20. The summed E-state index contributed by atoms with van der Waals surface area (Å²) >= 11 is 6.60. The summed E-state index contributed by atoms with van der Waals surface area (Å²) in [6.45, 7) is 13.2. The highest BCUT2D eigenvalue weighted by Crippen LogP contribution is 2.28. The first-order valence-electron chi connectivity index (χ1n) is 16.3. The maximum absolute atomic E-state index is 14.2. The fourth-order valence-electron chi connectivity index (χ4n) is 5.99. The van der Waals surface area contributed by atoms with Crippen LogP contribution in [0.3, 0.4) is 0 Å². The molecule has 1 aromatic carbocycles. The van der Waals surface area contributed by atoms with Gasteiger partial charge in [-0.1, -0.05) is 31.5 Å². The van der Waals surface area contributed by atoms with E-state index >= 15 is 0 Å². The van der Waals surface area contributed by atoms with E-state index in [1.165, 1.54) is 0 Å². The van der Waals surface area contributed by atoms with Gasteiger partial charge in [-0.05, 0) is 70.1 Å². The topological polar surface area (TPSA) is 106 Å². The Morgan fingerprint density at radius 2 is 1.85 bits per heavy atom. The Hall–Kier alpha value is -3.15. The van der Waals surface area contributed by atoms with Crippen LogP contribution < -0.4 is 0 Å². The Morgan fingerprint density at radius 1 is 1.11 bits per heavy atom. The molecule has 254 valence electrons. The quantitative estimate of drug-likeness (QED) is 0.310. The van der Waals surface area contributed by atoms with Crippen LogP contribution >= 0.6 is 11.6 Å². The number of methoxy groups -OCH3 is 1. The number of imidazole rings is 1. The van der Waals surface area contributed by atoms with Gasteiger partial charge in [-0.15, -0.1) is 0 Å². The number of halogens is 1. The Bertz CT molecular complexity index is 1340. The maximum atomic E-state index is 14.2. The second-order valence-electron chi connectivity index (χ2n) is 13.7. The van der Waals surface area contributed by atoms with Crippen LogP contribution in [0.15, 0.2) is 30.7 Å². The number of likely N-dealkylation sites (tertiary alicyclic amines) is 1. The van der Waals surface area contributed by atoms with Crippen LogP contribution in [0.4, 0.5) is 4.79 Å². The van der Waals surface area contributed by atoms with Gasteiger partial charge in [-0.2, -0.15) is 0 Å². The van der Waals surface area contributed by atoms with Crippen LogP contribution in [-0.4, -0.2) is 113 Å². The number of piperidine rings is 1. The van der Waals surface area contributed by atoms with Gasteiger partial charge in [0, 0.05) is 52.6 Å². The molecule has 2 aliphatic rings. The molecular weight excluding hydrogens is 610 g/mol. The summed E-state index contributed by atoms with van der Waals surface area (Å²) < 4.78 is 18.1. The summed E-state index contributed by atoms with van der Waals surface area (Å²) in [6.07, 6.45) is 6.10. The third kappa shape index (κ3) is 9.68. The van der Waals surface area contributed by atoms with Crippen molar-refractivity contribution in [1.29, 1.82) is 0 Å². The highest BCUT2D eigenvalue weighted by atomic mass is 35.5. The minimum Gasteiger partial charge on any atom is -0.444 e. The number of carbonyl (C=O) groups excluding carboxylic acids is 3. The average Bonchev–Trinajstić information content (AvgIpc) is 3.51. The van der Waals surface area contributed by atoms with Gasteiger partial charge in [0.05, 0.1) is 35.9 Å². The molecule has 4 rings (SSSR count). The molecule has 2 fully saturated rings. The minimum atomic E-state index is -0.698. The van der Waals surface area contributed by atoms with Crippen molar-refractivity contribution in [2.45, 2.75) is 71.9 Å². The SMILES string of the molecule is COCCCCc1ccc(Cl)c(-n2cnc(C(=O)N(CC(C)C)[C@H]3C[C@@H](C(=O)N4CCOCC4)CN(C(=O)OC(C)(C)C)C3)c2)c1. The first-order chi connectivity index (χ1) is 21.9. The zero-order chi connectivity index (χ0) is 33.4. The van der Waals surface area contributed by atoms with Crippen molar-refractivity contribution in [3.8, 4) is 5.69 Å². The summed E-state index contributed by atoms with van der Waals surface area (Å²) in [5.41, 5.74) is 1.46. The molecule has 46 heavy (non-hydrogen) atoms. The van der Waals surface area contributed by atoms with E-state index in [4.69, 9.17) is 25.8 Å². The van der Waals surface area contributed by atoms with Crippen molar-refractivity contribution in [3.05, 3.63) is 47.0 Å². The number of nitrogens with zero attached hydrogens (tertiary/aromatic N) is 5. The Kier molecular flexibility index (Phi) is 12.5. The molecule has 2 aromatic rings. The van der Waals surface area contributed by atoms with Gasteiger partial charge in [-0.25, -0.2) is 9.78 Å². The smallest absolute Gasteiger partial charge is 0.410 e. The van der Waals surface area contributed by atoms with Crippen molar-refractivity contribution in [2.75, 3.05) is 59.7 Å². The van der Waals surface area contributed by atoms with Gasteiger partial charge < -0.3 is 33.5 Å². The number of ether oxygens (including phenoxy) is 3. The highest BCUT2D eigenvalue weighted by molar-refractivity contribution is 6.32. The number of hydrogen-bond donors (Lipinski definition) is 0. The van der Waals surface area contributed by atoms with Crippen LogP contribution in [0, 0.1) is 11.8 Å². The lowest BCUT2D eigenvalue weighted by Gasteiger charge is -2.44. The van der Waals surface area contributed by atoms with Crippen molar-refractivity contribution >= 4 is 29.5 Å². The van der Waals surface area contributed by atoms with E-state index in [0.29, 0.717) is 44.3 Å². The lowest BCUT2D eigenvalue weighted by Crippen LogP contribution is -2.58. The molecule has 0 aliphatic carbocycles. The van der Waals surface area contributed by atoms with Gasteiger partial charge in [0.2, 0.25) is 5.91 Å². The van der Waals surface area contributed by atoms with E-state index in [-0.39, 0.29) is 36.5 Å². The summed E-state index contributed by atoms with van der Waals surface area (Å²) in [4.78, 5) is 50.9. The molecule has 2 atom stereocenters. The highest BCUT2D eigenvalue weighted by Gasteiger charge is 2.41. The number of carbonyl (C=O) groups is 3. The van der Waals surface area contributed by atoms with Gasteiger partial charge >= 0.3 is 6.09 Å². The molecule has 0 radical (unpaired) electrons. The second-order valence-corrected chi connectivity index (χ2v) is 14.1. The fraction of sp³-hybridized carbons (Fsp3) is 0.647. The summed E-state index contributed by atoms with van der Waals surface area (Å²) in [7, 11) is 1.70. The molecule has 0 unspecified atom stereocenters. The standard InChI is InChI=1S/C34H50ClN5O6/c1-24(2)19-40(32(42)29-22-39(23-36-29)30-17-25(10-11-28(30)35)9-7-8-14-44-6)27-18-26(31(41)37-12-15-45-16-13-37)20-38(21-27)33(43)46-34(3,4)5/h10-11,17,22-24,26-27H,7-9,12-16,18-21H2,1-6H3/t26-,27+/m1/s1. The van der Waals surface area contributed by atoms with E-state index < -0.39 is 23.7 Å². The minimum absolute atomic E-state index is 0.0282. The third-order valence-electron chi connectivity index (χ3n) is 8.17. The van der Waals surface area contributed by atoms with Crippen molar-refractivity contribution in [3.63, 3.8) is 0 Å². The lowest BCUT2D eigenvalue weighted by atomic mass is 9.91. The Balaban J connectivity index is 1.59. The predicted molar refractivity (Wildman–Crippen MR) is 176 cm³/mol. The zero-order valence-electron chi connectivity index (χ0n) is 28.2. The predicted octanol–water partition coefficient (Wildman–Crippen LogP) is 5.08. The van der Waals surface area contributed by atoms with E-state index in [2.05, 4.69) is 4.98 Å². The number of aryl methyl sites for hydroxylation is 1. The van der Waals surface area contributed by atoms with E-state index in [0.717, 1.165) is 37.1 Å². The second kappa shape index (κ2) is 16.1. The molecule has 0 spiro atoms. The Morgan fingerprint density at radius 3 is 2.52 bits per heavy atom. The van der Waals surface area contributed by atoms with E-state index in [1.54, 1.807) is 38.9 Å². The van der Waals surface area contributed by atoms with E-state index in [1.807, 2.05) is 52.8 Å². The van der Waals surface area contributed by atoms with Crippen LogP contribution in [0.25, 0.3) is 5.69 Å². The average molecular weight is 660 g/mol. The summed E-state index contributed by atoms with van der Waals surface area (Å²) in [5.74, 6) is -0.622. The monoisotopic (exact) mass is 659 g/mol. The number of unbranched alkanes of at least 4 members (excludes halogenated alkanes) is 1. The molecular formula is C34H50ClN5O6. The molecule has 0 N–H and O–H groups in total. The number of rotatable bonds is 11. The molecule has 2 aliphatic heterocycles. The largest absolute Gasteiger partial charge is 0.444 e. The molecule has 0 bridgehead atoms. The molecule has 11 nitrogen and oxygen atoms in total. The van der Waals surface area contributed by atoms with Crippen LogP contribution in [0.5, 0.6) is 0 Å². The van der Waals surface area contributed by atoms with Gasteiger partial charge in [-0.3, -0.25) is 9.59 Å². The Labute approximate surface area is 278 Å². The van der Waals surface area contributed by atoms with Crippen molar-refractivity contribution in [2.24, 2.45) is 11.8 Å². The van der Waals surface area contributed by atoms with E-state index in [9.17, 15) is 14.4 Å². The van der Waals surface area contributed by atoms with Gasteiger partial charge in [0.15, 0.2) is 0 Å². The zero-order valence-corrected chi connectivity index (χ0v) is 28.9. The van der Waals surface area contributed by atoms with Crippen LogP contribution in [0.2, 0.25) is 5.02 Å². The maximum Gasteiger partial charge on any atom is 0.410 e. The number of aromatic nitrogens is 2. The summed E-state index contributed by atoms with van der Waals surface area (Å²) in [5, 5.41) is 0.556. The van der Waals surface area contributed by atoms with Crippen molar-refractivity contribution in [1.82, 2.24) is 24.3 Å². The molecule has 3 amide bonds. The number of amides is 3. The number of benzene rings is 1. The third-order valence-corrected chi connectivity index (χ3v) is 8.49. The lowest BCUT2D eigenvalue weighted by molar-refractivity contribution is -0.142. The summed E-state index contributed by atoms with van der Waals surface area (Å²) in [6, 6.07) is 5.50. The van der Waals surface area contributed by atoms with Crippen LogP contribution in [0.1, 0.15) is 69.9 Å². The normalized spacial score (nSPS) is 19.0. The van der Waals surface area contributed by atoms with Gasteiger partial charge in [0.1, 0.15) is 17.6 Å². The first-order valence-corrected chi connectivity index (χ1v) is 16.7. The van der Waals surface area contributed by atoms with Crippen molar-refractivity contribution < 1.29 is 28.6 Å². The molecule has 3 heterocycles. The number of morpholine rings is 1. The van der Waals surface area contributed by atoms with Gasteiger partial charge in [0.25, 0.3) is 5.91 Å². The molecule has 12 heteroatoms. The van der Waals surface area contributed by atoms with Crippen LogP contribution in [-0.2, 0) is 25.4 Å².